The average Bonchev–Trinajstić information content (AvgIpc) is 2.65. The van der Waals surface area contributed by atoms with E-state index in [2.05, 4.69) is 15.0 Å². The zero-order chi connectivity index (χ0) is 17.2. The maximum absolute atomic E-state index is 6.28. The van der Waals surface area contributed by atoms with Crippen molar-refractivity contribution in [1.29, 1.82) is 0 Å². The van der Waals surface area contributed by atoms with Crippen molar-refractivity contribution >= 4 is 22.5 Å². The first-order valence-electron chi connectivity index (χ1n) is 7.82. The fourth-order valence-electron chi connectivity index (χ4n) is 2.55. The third-order valence-electron chi connectivity index (χ3n) is 3.80. The normalized spacial score (nSPS) is 10.8. The van der Waals surface area contributed by atoms with E-state index in [1.54, 1.807) is 12.4 Å². The van der Waals surface area contributed by atoms with Crippen LogP contribution in [0.2, 0.25) is 5.02 Å². The number of aromatic nitrogens is 3. The molecule has 2 heterocycles. The number of hydrogen-bond donors (Lipinski definition) is 0. The number of halogens is 1. The van der Waals surface area contributed by atoms with Gasteiger partial charge in [0, 0.05) is 18.0 Å². The molecule has 2 aromatic carbocycles. The van der Waals surface area contributed by atoms with Crippen molar-refractivity contribution in [1.82, 2.24) is 15.0 Å². The number of para-hydroxylation sites is 1. The third kappa shape index (κ3) is 3.16. The van der Waals surface area contributed by atoms with Gasteiger partial charge in [0.15, 0.2) is 5.82 Å². The lowest BCUT2D eigenvalue weighted by Gasteiger charge is -2.11. The second kappa shape index (κ2) is 6.49. The van der Waals surface area contributed by atoms with Gasteiger partial charge in [-0.3, -0.25) is 4.98 Å². The molecule has 0 fully saturated rings. The Bertz CT molecular complexity index is 1050. The van der Waals surface area contributed by atoms with Gasteiger partial charge in [0.25, 0.3) is 0 Å². The van der Waals surface area contributed by atoms with Gasteiger partial charge < -0.3 is 4.74 Å². The molecular formula is C20H14ClN3O. The molecule has 4 rings (SSSR count). The molecule has 0 N–H and O–H groups in total. The van der Waals surface area contributed by atoms with Gasteiger partial charge in [-0.2, -0.15) is 4.98 Å². The van der Waals surface area contributed by atoms with E-state index in [0.29, 0.717) is 22.5 Å². The molecule has 25 heavy (non-hydrogen) atoms. The minimum absolute atomic E-state index is 0.477. The van der Waals surface area contributed by atoms with Crippen molar-refractivity contribution in [2.75, 3.05) is 0 Å². The van der Waals surface area contributed by atoms with E-state index in [1.807, 2.05) is 61.5 Å². The first kappa shape index (κ1) is 15.5. The summed E-state index contributed by atoms with van der Waals surface area (Å²) in [6.45, 7) is 1.99. The molecule has 4 nitrogen and oxygen atoms in total. The lowest BCUT2D eigenvalue weighted by Crippen LogP contribution is -1.96. The highest BCUT2D eigenvalue weighted by Crippen LogP contribution is 2.34. The zero-order valence-corrected chi connectivity index (χ0v) is 14.2. The molecule has 0 spiro atoms. The fraction of sp³-hybridized carbons (Fsp3) is 0.0500. The monoisotopic (exact) mass is 347 g/mol. The fourth-order valence-corrected chi connectivity index (χ4v) is 2.70. The Balaban J connectivity index is 1.88. The van der Waals surface area contributed by atoms with E-state index in [1.165, 1.54) is 0 Å². The molecule has 0 radical (unpaired) electrons. The Hall–Kier alpha value is -2.98. The highest BCUT2D eigenvalue weighted by atomic mass is 35.5. The first-order valence-corrected chi connectivity index (χ1v) is 8.20. The quantitative estimate of drug-likeness (QED) is 0.494. The zero-order valence-electron chi connectivity index (χ0n) is 13.5. The number of benzene rings is 2. The summed E-state index contributed by atoms with van der Waals surface area (Å²) in [5.74, 6) is 1.64. The number of fused-ring (bicyclic) bond motifs is 1. The average molecular weight is 348 g/mol. The van der Waals surface area contributed by atoms with Crippen LogP contribution in [0.3, 0.4) is 0 Å². The molecule has 0 amide bonds. The van der Waals surface area contributed by atoms with Gasteiger partial charge in [0.05, 0.1) is 15.9 Å². The lowest BCUT2D eigenvalue weighted by atomic mass is 10.2. The van der Waals surface area contributed by atoms with E-state index in [-0.39, 0.29) is 0 Å². The summed E-state index contributed by atoms with van der Waals surface area (Å²) in [6.07, 6.45) is 3.43. The highest BCUT2D eigenvalue weighted by molar-refractivity contribution is 6.32. The molecule has 0 saturated heterocycles. The minimum atomic E-state index is 0.477. The van der Waals surface area contributed by atoms with Crippen LogP contribution in [-0.4, -0.2) is 15.0 Å². The van der Waals surface area contributed by atoms with Crippen LogP contribution >= 0.6 is 11.6 Å². The first-order chi connectivity index (χ1) is 12.2. The highest BCUT2D eigenvalue weighted by Gasteiger charge is 2.12. The van der Waals surface area contributed by atoms with Gasteiger partial charge in [0.2, 0.25) is 5.88 Å². The molecule has 0 aliphatic heterocycles. The molecule has 0 unspecified atom stereocenters. The topological polar surface area (TPSA) is 47.9 Å². The Morgan fingerprint density at radius 2 is 1.72 bits per heavy atom. The van der Waals surface area contributed by atoms with Gasteiger partial charge in [-0.1, -0.05) is 29.8 Å². The molecule has 4 aromatic rings. The standard InChI is InChI=1S/C20H14ClN3O/c1-13-6-7-16(21)18(12-13)25-20-15-4-2-3-5-17(15)23-19(24-20)14-8-10-22-11-9-14/h2-12H,1H3. The van der Waals surface area contributed by atoms with E-state index in [0.717, 1.165) is 22.0 Å². The maximum Gasteiger partial charge on any atom is 0.230 e. The number of pyridine rings is 1. The Kier molecular flexibility index (Phi) is 4.04. The Morgan fingerprint density at radius 3 is 2.56 bits per heavy atom. The van der Waals surface area contributed by atoms with E-state index >= 15 is 0 Å². The molecule has 0 aliphatic carbocycles. The molecule has 5 heteroatoms. The molecule has 0 aliphatic rings. The summed E-state index contributed by atoms with van der Waals surface area (Å²) in [4.78, 5) is 13.3. The number of nitrogens with zero attached hydrogens (tertiary/aromatic N) is 3. The van der Waals surface area contributed by atoms with Gasteiger partial charge in [-0.05, 0) is 48.9 Å². The summed E-state index contributed by atoms with van der Waals surface area (Å²) in [5, 5.41) is 1.37. The van der Waals surface area contributed by atoms with Gasteiger partial charge in [0.1, 0.15) is 5.75 Å². The largest absolute Gasteiger partial charge is 0.437 e. The number of ether oxygens (including phenoxy) is 1. The predicted molar refractivity (Wildman–Crippen MR) is 99.0 cm³/mol. The van der Waals surface area contributed by atoms with Crippen LogP contribution in [0.15, 0.2) is 67.0 Å². The van der Waals surface area contributed by atoms with E-state index < -0.39 is 0 Å². The van der Waals surface area contributed by atoms with Crippen LogP contribution < -0.4 is 4.74 Å². The van der Waals surface area contributed by atoms with Gasteiger partial charge in [-0.15, -0.1) is 0 Å². The lowest BCUT2D eigenvalue weighted by molar-refractivity contribution is 0.469. The molecule has 0 bridgehead atoms. The van der Waals surface area contributed by atoms with Crippen LogP contribution in [0.1, 0.15) is 5.56 Å². The molecule has 122 valence electrons. The second-order valence-corrected chi connectivity index (χ2v) is 6.05. The smallest absolute Gasteiger partial charge is 0.230 e. The summed E-state index contributed by atoms with van der Waals surface area (Å²) in [6, 6.07) is 17.1. The van der Waals surface area contributed by atoms with Gasteiger partial charge in [-0.25, -0.2) is 4.98 Å². The summed E-state index contributed by atoms with van der Waals surface area (Å²) in [7, 11) is 0. The number of rotatable bonds is 3. The van der Waals surface area contributed by atoms with Crippen molar-refractivity contribution in [2.45, 2.75) is 6.92 Å². The molecule has 2 aromatic heterocycles. The molecular weight excluding hydrogens is 334 g/mol. The van der Waals surface area contributed by atoms with Crippen molar-refractivity contribution in [3.05, 3.63) is 77.6 Å². The molecule has 0 saturated carbocycles. The van der Waals surface area contributed by atoms with Crippen molar-refractivity contribution in [2.24, 2.45) is 0 Å². The predicted octanol–water partition coefficient (Wildman–Crippen LogP) is 5.45. The Morgan fingerprint density at radius 1 is 0.920 bits per heavy atom. The number of aryl methyl sites for hydroxylation is 1. The second-order valence-electron chi connectivity index (χ2n) is 5.64. The van der Waals surface area contributed by atoms with Crippen LogP contribution in [-0.2, 0) is 0 Å². The Labute approximate surface area is 150 Å². The molecule has 0 atom stereocenters. The third-order valence-corrected chi connectivity index (χ3v) is 4.11. The van der Waals surface area contributed by atoms with Crippen molar-refractivity contribution < 1.29 is 4.74 Å². The van der Waals surface area contributed by atoms with Crippen LogP contribution in [0.5, 0.6) is 11.6 Å². The van der Waals surface area contributed by atoms with E-state index in [4.69, 9.17) is 16.3 Å². The van der Waals surface area contributed by atoms with Gasteiger partial charge >= 0.3 is 0 Å². The summed E-state index contributed by atoms with van der Waals surface area (Å²) in [5.41, 5.74) is 2.75. The maximum atomic E-state index is 6.28. The van der Waals surface area contributed by atoms with E-state index in [9.17, 15) is 0 Å². The summed E-state index contributed by atoms with van der Waals surface area (Å²) >= 11 is 6.28. The van der Waals surface area contributed by atoms with Crippen LogP contribution in [0.4, 0.5) is 0 Å². The van der Waals surface area contributed by atoms with Crippen molar-refractivity contribution in [3.63, 3.8) is 0 Å². The van der Waals surface area contributed by atoms with Crippen molar-refractivity contribution in [3.8, 4) is 23.0 Å². The number of hydrogen-bond acceptors (Lipinski definition) is 4. The van der Waals surface area contributed by atoms with Crippen LogP contribution in [0.25, 0.3) is 22.3 Å². The van der Waals surface area contributed by atoms with Crippen LogP contribution in [0, 0.1) is 6.92 Å². The minimum Gasteiger partial charge on any atom is -0.437 e. The SMILES string of the molecule is Cc1ccc(Cl)c(Oc2nc(-c3ccncc3)nc3ccccc23)c1. The summed E-state index contributed by atoms with van der Waals surface area (Å²) < 4.78 is 6.07.